The van der Waals surface area contributed by atoms with Crippen molar-refractivity contribution in [1.29, 1.82) is 0 Å². The van der Waals surface area contributed by atoms with Crippen molar-refractivity contribution < 1.29 is 0 Å². The number of hydrogen-bond donors (Lipinski definition) is 0. The SMILES string of the molecule is CC1(C)c2ccccc2-c2cc(N(c3ccccc3)c3cccc(-c4cccc(-c5ccc6c7ccccc7n(-c7ccc8c(c7)-c7ccccc7C8(C)C)c6c5)c4)c3)ccc21. The molecule has 0 aliphatic heterocycles. The second-order valence-corrected chi connectivity index (χ2v) is 18.2. The summed E-state index contributed by atoms with van der Waals surface area (Å²) in [6, 6.07) is 76.5. The van der Waals surface area contributed by atoms with Gasteiger partial charge in [-0.05, 0) is 133 Å². The van der Waals surface area contributed by atoms with Gasteiger partial charge in [0.15, 0.2) is 0 Å². The van der Waals surface area contributed by atoms with Crippen LogP contribution >= 0.6 is 0 Å². The number of rotatable bonds is 6. The van der Waals surface area contributed by atoms with E-state index in [2.05, 4.69) is 243 Å². The first kappa shape index (κ1) is 36.4. The summed E-state index contributed by atoms with van der Waals surface area (Å²) in [5, 5.41) is 2.52. The van der Waals surface area contributed by atoms with Crippen LogP contribution in [0.3, 0.4) is 0 Å². The maximum absolute atomic E-state index is 2.46. The molecular weight excluding hydrogens is 749 g/mol. The highest BCUT2D eigenvalue weighted by Crippen LogP contribution is 2.52. The fourth-order valence-electron chi connectivity index (χ4n) is 10.8. The Bertz CT molecular complexity index is 3420. The van der Waals surface area contributed by atoms with Crippen molar-refractivity contribution in [3.05, 3.63) is 229 Å². The van der Waals surface area contributed by atoms with Crippen LogP contribution in [-0.2, 0) is 10.8 Å². The van der Waals surface area contributed by atoms with E-state index >= 15 is 0 Å². The first-order valence-corrected chi connectivity index (χ1v) is 21.8. The molecule has 12 rings (SSSR count). The first-order valence-electron chi connectivity index (χ1n) is 21.8. The molecule has 10 aromatic rings. The van der Waals surface area contributed by atoms with Gasteiger partial charge in [-0.3, -0.25) is 0 Å². The lowest BCUT2D eigenvalue weighted by atomic mass is 9.82. The fraction of sp³-hybridized carbons (Fsp3) is 0.100. The third-order valence-electron chi connectivity index (χ3n) is 14.0. The number of aromatic nitrogens is 1. The molecule has 0 radical (unpaired) electrons. The molecule has 62 heavy (non-hydrogen) atoms. The van der Waals surface area contributed by atoms with E-state index in [9.17, 15) is 0 Å². The highest BCUT2D eigenvalue weighted by Gasteiger charge is 2.37. The molecule has 0 saturated carbocycles. The summed E-state index contributed by atoms with van der Waals surface area (Å²) in [7, 11) is 0. The molecule has 0 amide bonds. The number of anilines is 3. The molecule has 296 valence electrons. The maximum Gasteiger partial charge on any atom is 0.0547 e. The topological polar surface area (TPSA) is 8.17 Å². The van der Waals surface area contributed by atoms with Gasteiger partial charge in [0, 0.05) is 44.4 Å². The van der Waals surface area contributed by atoms with Gasteiger partial charge < -0.3 is 9.47 Å². The van der Waals surface area contributed by atoms with E-state index in [-0.39, 0.29) is 10.8 Å². The van der Waals surface area contributed by atoms with Crippen LogP contribution in [0, 0.1) is 0 Å². The summed E-state index contributed by atoms with van der Waals surface area (Å²) < 4.78 is 2.46. The monoisotopic (exact) mass is 794 g/mol. The lowest BCUT2D eigenvalue weighted by Gasteiger charge is -2.27. The zero-order valence-corrected chi connectivity index (χ0v) is 35.5. The van der Waals surface area contributed by atoms with Gasteiger partial charge in [0.2, 0.25) is 0 Å². The molecule has 2 aliphatic rings. The van der Waals surface area contributed by atoms with Gasteiger partial charge in [-0.1, -0.05) is 167 Å². The van der Waals surface area contributed by atoms with Gasteiger partial charge in [0.05, 0.1) is 11.0 Å². The number of para-hydroxylation sites is 2. The van der Waals surface area contributed by atoms with Gasteiger partial charge in [-0.2, -0.15) is 0 Å². The molecule has 2 heteroatoms. The molecule has 0 fully saturated rings. The van der Waals surface area contributed by atoms with Crippen molar-refractivity contribution in [2.24, 2.45) is 0 Å². The van der Waals surface area contributed by atoms with Crippen LogP contribution < -0.4 is 4.90 Å². The van der Waals surface area contributed by atoms with Crippen molar-refractivity contribution in [3.8, 4) is 50.2 Å². The number of hydrogen-bond acceptors (Lipinski definition) is 1. The van der Waals surface area contributed by atoms with Gasteiger partial charge in [-0.25, -0.2) is 0 Å². The average Bonchev–Trinajstić information content (AvgIpc) is 3.86. The Hall–Kier alpha value is -7.42. The molecule has 0 N–H and O–H groups in total. The van der Waals surface area contributed by atoms with Gasteiger partial charge >= 0.3 is 0 Å². The molecule has 0 unspecified atom stereocenters. The molecule has 0 spiro atoms. The summed E-state index contributed by atoms with van der Waals surface area (Å²) >= 11 is 0. The van der Waals surface area contributed by atoms with Crippen molar-refractivity contribution in [3.63, 3.8) is 0 Å². The average molecular weight is 795 g/mol. The second kappa shape index (κ2) is 13.5. The van der Waals surface area contributed by atoms with Crippen molar-refractivity contribution in [2.45, 2.75) is 38.5 Å². The number of fused-ring (bicyclic) bond motifs is 9. The van der Waals surface area contributed by atoms with Crippen LogP contribution in [0.15, 0.2) is 206 Å². The Morgan fingerprint density at radius 1 is 0.323 bits per heavy atom. The van der Waals surface area contributed by atoms with Crippen LogP contribution in [0.2, 0.25) is 0 Å². The summed E-state index contributed by atoms with van der Waals surface area (Å²) in [5.41, 5.74) is 22.5. The van der Waals surface area contributed by atoms with Crippen molar-refractivity contribution in [2.75, 3.05) is 4.90 Å². The van der Waals surface area contributed by atoms with E-state index < -0.39 is 0 Å². The predicted octanol–water partition coefficient (Wildman–Crippen LogP) is 16.2. The summed E-state index contributed by atoms with van der Waals surface area (Å²) in [5.74, 6) is 0. The summed E-state index contributed by atoms with van der Waals surface area (Å²) in [6.45, 7) is 9.38. The number of benzene rings is 9. The van der Waals surface area contributed by atoms with Gasteiger partial charge in [-0.15, -0.1) is 0 Å². The third-order valence-corrected chi connectivity index (χ3v) is 14.0. The van der Waals surface area contributed by atoms with Crippen LogP contribution in [-0.4, -0.2) is 4.57 Å². The minimum Gasteiger partial charge on any atom is -0.310 e. The van der Waals surface area contributed by atoms with Crippen LogP contribution in [0.5, 0.6) is 0 Å². The second-order valence-electron chi connectivity index (χ2n) is 18.2. The Kier molecular flexibility index (Phi) is 7.96. The quantitative estimate of drug-likeness (QED) is 0.163. The molecule has 0 saturated heterocycles. The molecule has 9 aromatic carbocycles. The molecular formula is C60H46N2. The first-order chi connectivity index (χ1) is 30.3. The highest BCUT2D eigenvalue weighted by molar-refractivity contribution is 6.10. The number of nitrogens with zero attached hydrogens (tertiary/aromatic N) is 2. The van der Waals surface area contributed by atoms with E-state index in [0.717, 1.165) is 17.1 Å². The zero-order chi connectivity index (χ0) is 41.7. The van der Waals surface area contributed by atoms with E-state index in [1.807, 2.05) is 0 Å². The van der Waals surface area contributed by atoms with E-state index in [4.69, 9.17) is 0 Å². The standard InChI is InChI=1S/C60H46N2/c1-59(2)53-25-11-8-22-47(53)51-37-45(29-32-55(51)59)61(43-19-6-5-7-20-43)44-21-15-18-41(35-44)39-16-14-17-40(34-39)42-28-31-50-49-24-10-13-27-57(49)62(58(50)36-42)46-30-33-56-52(38-46)48-23-9-12-26-54(48)60(56,3)4/h5-38H,1-4H3. The molecule has 2 nitrogen and oxygen atoms in total. The van der Waals surface area contributed by atoms with Crippen molar-refractivity contribution >= 4 is 38.9 Å². The predicted molar refractivity (Wildman–Crippen MR) is 261 cm³/mol. The molecule has 0 atom stereocenters. The van der Waals surface area contributed by atoms with E-state index in [0.29, 0.717) is 0 Å². The highest BCUT2D eigenvalue weighted by atomic mass is 15.1. The smallest absolute Gasteiger partial charge is 0.0547 e. The molecule has 2 aliphatic carbocycles. The van der Waals surface area contributed by atoms with Crippen LogP contribution in [0.4, 0.5) is 17.1 Å². The normalized spacial score (nSPS) is 14.1. The Morgan fingerprint density at radius 3 is 1.56 bits per heavy atom. The molecule has 0 bridgehead atoms. The summed E-state index contributed by atoms with van der Waals surface area (Å²) in [6.07, 6.45) is 0. The Labute approximate surface area is 364 Å². The molecule has 1 heterocycles. The van der Waals surface area contributed by atoms with Crippen LogP contribution in [0.25, 0.3) is 72.0 Å². The van der Waals surface area contributed by atoms with E-state index in [1.165, 1.54) is 94.3 Å². The third kappa shape index (κ3) is 5.43. The fourth-order valence-corrected chi connectivity index (χ4v) is 10.8. The largest absolute Gasteiger partial charge is 0.310 e. The van der Waals surface area contributed by atoms with Crippen LogP contribution in [0.1, 0.15) is 49.9 Å². The molecule has 1 aromatic heterocycles. The van der Waals surface area contributed by atoms with Gasteiger partial charge in [0.1, 0.15) is 0 Å². The summed E-state index contributed by atoms with van der Waals surface area (Å²) in [4.78, 5) is 2.40. The van der Waals surface area contributed by atoms with Crippen molar-refractivity contribution in [1.82, 2.24) is 4.57 Å². The Morgan fingerprint density at radius 2 is 0.839 bits per heavy atom. The zero-order valence-electron chi connectivity index (χ0n) is 35.5. The Balaban J connectivity index is 0.951. The maximum atomic E-state index is 2.46. The minimum atomic E-state index is -0.0417. The lowest BCUT2D eigenvalue weighted by Crippen LogP contribution is -2.15. The lowest BCUT2D eigenvalue weighted by molar-refractivity contribution is 0.660. The minimum absolute atomic E-state index is 0.0330. The van der Waals surface area contributed by atoms with Gasteiger partial charge in [0.25, 0.3) is 0 Å². The van der Waals surface area contributed by atoms with E-state index in [1.54, 1.807) is 0 Å².